The van der Waals surface area contributed by atoms with Gasteiger partial charge in [-0.25, -0.2) is 9.78 Å². The summed E-state index contributed by atoms with van der Waals surface area (Å²) in [5.74, 6) is 0.132. The standard InChI is InChI=1S/C9H9N5O3/c1-5-12-8(17-14-5)4-11-7-3-10-2-6(13-7)9(15)16/h2-3H,4H2,1H3,(H,11,13)(H,15,16). The number of anilines is 1. The van der Waals surface area contributed by atoms with E-state index in [4.69, 9.17) is 9.63 Å². The highest BCUT2D eigenvalue weighted by atomic mass is 16.5. The maximum Gasteiger partial charge on any atom is 0.356 e. The Hall–Kier alpha value is -2.51. The molecule has 8 nitrogen and oxygen atoms in total. The van der Waals surface area contributed by atoms with Crippen molar-refractivity contribution in [1.29, 1.82) is 0 Å². The van der Waals surface area contributed by atoms with Gasteiger partial charge < -0.3 is 14.9 Å². The van der Waals surface area contributed by atoms with Gasteiger partial charge in [-0.1, -0.05) is 5.16 Å². The highest BCUT2D eigenvalue weighted by molar-refractivity contribution is 5.85. The van der Waals surface area contributed by atoms with Crippen LogP contribution in [0.1, 0.15) is 22.2 Å². The number of hydrogen-bond donors (Lipinski definition) is 2. The van der Waals surface area contributed by atoms with Crippen LogP contribution in [0.3, 0.4) is 0 Å². The minimum atomic E-state index is -1.13. The normalized spacial score (nSPS) is 10.2. The van der Waals surface area contributed by atoms with Crippen LogP contribution in [0.4, 0.5) is 5.82 Å². The summed E-state index contributed by atoms with van der Waals surface area (Å²) in [6.45, 7) is 1.97. The molecule has 0 fully saturated rings. The fourth-order valence-corrected chi connectivity index (χ4v) is 1.13. The zero-order chi connectivity index (χ0) is 12.3. The first-order valence-corrected chi connectivity index (χ1v) is 4.73. The van der Waals surface area contributed by atoms with Gasteiger partial charge in [-0.15, -0.1) is 0 Å². The summed E-state index contributed by atoms with van der Waals surface area (Å²) in [4.78, 5) is 22.2. The smallest absolute Gasteiger partial charge is 0.356 e. The van der Waals surface area contributed by atoms with Crippen LogP contribution < -0.4 is 5.32 Å². The third kappa shape index (κ3) is 2.74. The molecule has 0 amide bonds. The molecule has 0 aliphatic heterocycles. The topological polar surface area (TPSA) is 114 Å². The highest BCUT2D eigenvalue weighted by Gasteiger charge is 2.07. The molecule has 2 N–H and O–H groups in total. The number of carboxylic acids is 1. The van der Waals surface area contributed by atoms with Crippen molar-refractivity contribution in [1.82, 2.24) is 20.1 Å². The van der Waals surface area contributed by atoms with Crippen molar-refractivity contribution in [2.24, 2.45) is 0 Å². The van der Waals surface area contributed by atoms with E-state index in [-0.39, 0.29) is 12.2 Å². The van der Waals surface area contributed by atoms with E-state index in [0.29, 0.717) is 17.5 Å². The second-order valence-electron chi connectivity index (χ2n) is 3.18. The van der Waals surface area contributed by atoms with Crippen LogP contribution in [-0.4, -0.2) is 31.2 Å². The lowest BCUT2D eigenvalue weighted by Crippen LogP contribution is -2.07. The molecule has 0 atom stereocenters. The Balaban J connectivity index is 2.04. The lowest BCUT2D eigenvalue weighted by atomic mass is 10.4. The third-order valence-electron chi connectivity index (χ3n) is 1.84. The maximum absolute atomic E-state index is 10.7. The number of aromatic carboxylic acids is 1. The first-order chi connectivity index (χ1) is 8.15. The zero-order valence-electron chi connectivity index (χ0n) is 8.91. The van der Waals surface area contributed by atoms with E-state index in [1.807, 2.05) is 0 Å². The van der Waals surface area contributed by atoms with Crippen LogP contribution in [0.25, 0.3) is 0 Å². The van der Waals surface area contributed by atoms with Crippen molar-refractivity contribution in [2.75, 3.05) is 5.32 Å². The van der Waals surface area contributed by atoms with Gasteiger partial charge in [-0.2, -0.15) is 4.98 Å². The molecule has 0 spiro atoms. The molecular formula is C9H9N5O3. The molecule has 2 aromatic heterocycles. The number of rotatable bonds is 4. The van der Waals surface area contributed by atoms with E-state index in [2.05, 4.69) is 25.4 Å². The number of aryl methyl sites for hydroxylation is 1. The molecule has 2 aromatic rings. The van der Waals surface area contributed by atoms with Crippen LogP contribution in [0, 0.1) is 6.92 Å². The summed E-state index contributed by atoms with van der Waals surface area (Å²) >= 11 is 0. The number of hydrogen-bond acceptors (Lipinski definition) is 7. The molecule has 0 bridgehead atoms. The average molecular weight is 235 g/mol. The molecule has 0 saturated carbocycles. The summed E-state index contributed by atoms with van der Waals surface area (Å²) in [5.41, 5.74) is -0.128. The Bertz CT molecular complexity index is 539. The van der Waals surface area contributed by atoms with Gasteiger partial charge in [0, 0.05) is 0 Å². The first-order valence-electron chi connectivity index (χ1n) is 4.73. The molecule has 0 radical (unpaired) electrons. The van der Waals surface area contributed by atoms with Crippen molar-refractivity contribution >= 4 is 11.8 Å². The van der Waals surface area contributed by atoms with Crippen LogP contribution in [0.2, 0.25) is 0 Å². The molecule has 8 heteroatoms. The molecule has 0 aliphatic carbocycles. The summed E-state index contributed by atoms with van der Waals surface area (Å²) in [6.07, 6.45) is 2.58. The Labute approximate surface area is 95.7 Å². The molecular weight excluding hydrogens is 226 g/mol. The SMILES string of the molecule is Cc1noc(CNc2cncc(C(=O)O)n2)n1. The monoisotopic (exact) mass is 235 g/mol. The summed E-state index contributed by atoms with van der Waals surface area (Å²) in [5, 5.41) is 15.2. The van der Waals surface area contributed by atoms with E-state index >= 15 is 0 Å². The maximum atomic E-state index is 10.7. The third-order valence-corrected chi connectivity index (χ3v) is 1.84. The lowest BCUT2D eigenvalue weighted by Gasteiger charge is -2.01. The Morgan fingerprint density at radius 3 is 2.94 bits per heavy atom. The molecule has 2 heterocycles. The fourth-order valence-electron chi connectivity index (χ4n) is 1.13. The zero-order valence-corrected chi connectivity index (χ0v) is 8.91. The molecule has 0 aromatic carbocycles. The second kappa shape index (κ2) is 4.56. The van der Waals surface area contributed by atoms with Crippen molar-refractivity contribution in [3.8, 4) is 0 Å². The van der Waals surface area contributed by atoms with E-state index in [1.165, 1.54) is 12.4 Å². The number of carbonyl (C=O) groups is 1. The summed E-state index contributed by atoms with van der Waals surface area (Å²) in [6, 6.07) is 0. The minimum absolute atomic E-state index is 0.128. The highest BCUT2D eigenvalue weighted by Crippen LogP contribution is 2.04. The van der Waals surface area contributed by atoms with Crippen molar-refractivity contribution in [3.63, 3.8) is 0 Å². The van der Waals surface area contributed by atoms with E-state index in [1.54, 1.807) is 6.92 Å². The van der Waals surface area contributed by atoms with E-state index in [0.717, 1.165) is 0 Å². The van der Waals surface area contributed by atoms with Gasteiger partial charge in [0.05, 0.1) is 18.9 Å². The van der Waals surface area contributed by atoms with Gasteiger partial charge in [0.15, 0.2) is 11.5 Å². The molecule has 2 rings (SSSR count). The van der Waals surface area contributed by atoms with Gasteiger partial charge in [-0.3, -0.25) is 4.98 Å². The molecule has 0 saturated heterocycles. The fraction of sp³-hybridized carbons (Fsp3) is 0.222. The molecule has 17 heavy (non-hydrogen) atoms. The van der Waals surface area contributed by atoms with E-state index < -0.39 is 5.97 Å². The molecule has 0 aliphatic rings. The Kier molecular flexibility index (Phi) is 2.95. The lowest BCUT2D eigenvalue weighted by molar-refractivity contribution is 0.0690. The first kappa shape index (κ1) is 11.0. The summed E-state index contributed by atoms with van der Waals surface area (Å²) in [7, 11) is 0. The predicted octanol–water partition coefficient (Wildman–Crippen LogP) is 0.478. The Morgan fingerprint density at radius 2 is 2.29 bits per heavy atom. The number of nitrogens with one attached hydrogen (secondary N) is 1. The van der Waals surface area contributed by atoms with Crippen molar-refractivity contribution < 1.29 is 14.4 Å². The Morgan fingerprint density at radius 1 is 1.47 bits per heavy atom. The number of nitrogens with zero attached hydrogens (tertiary/aromatic N) is 4. The predicted molar refractivity (Wildman–Crippen MR) is 55.4 cm³/mol. The summed E-state index contributed by atoms with van der Waals surface area (Å²) < 4.78 is 4.88. The van der Waals surface area contributed by atoms with Gasteiger partial charge in [0.2, 0.25) is 5.89 Å². The molecule has 0 unspecified atom stereocenters. The van der Waals surface area contributed by atoms with Gasteiger partial charge in [0.1, 0.15) is 5.82 Å². The largest absolute Gasteiger partial charge is 0.476 e. The van der Waals surface area contributed by atoms with Gasteiger partial charge >= 0.3 is 5.97 Å². The van der Waals surface area contributed by atoms with Crippen LogP contribution in [-0.2, 0) is 6.54 Å². The molecule has 88 valence electrons. The second-order valence-corrected chi connectivity index (χ2v) is 3.18. The van der Waals surface area contributed by atoms with Crippen LogP contribution in [0.15, 0.2) is 16.9 Å². The average Bonchev–Trinajstić information content (AvgIpc) is 2.73. The van der Waals surface area contributed by atoms with Gasteiger partial charge in [-0.05, 0) is 6.92 Å². The minimum Gasteiger partial charge on any atom is -0.476 e. The number of carboxylic acid groups (broad SMARTS) is 1. The van der Waals surface area contributed by atoms with E-state index in [9.17, 15) is 4.79 Å². The van der Waals surface area contributed by atoms with Crippen LogP contribution in [0.5, 0.6) is 0 Å². The van der Waals surface area contributed by atoms with Crippen molar-refractivity contribution in [2.45, 2.75) is 13.5 Å². The van der Waals surface area contributed by atoms with Crippen LogP contribution >= 0.6 is 0 Å². The quantitative estimate of drug-likeness (QED) is 0.786. The number of aromatic nitrogens is 4. The van der Waals surface area contributed by atoms with Gasteiger partial charge in [0.25, 0.3) is 0 Å². The van der Waals surface area contributed by atoms with Crippen molar-refractivity contribution in [3.05, 3.63) is 29.8 Å².